The van der Waals surface area contributed by atoms with Crippen molar-refractivity contribution in [2.75, 3.05) is 12.4 Å². The summed E-state index contributed by atoms with van der Waals surface area (Å²) in [6.45, 7) is 1.84. The zero-order valence-corrected chi connectivity index (χ0v) is 24.1. The number of hydrogen-bond acceptors (Lipinski definition) is 9. The van der Waals surface area contributed by atoms with Crippen molar-refractivity contribution < 1.29 is 19.6 Å². The number of azo groups is 1. The Morgan fingerprint density at radius 3 is 2.64 bits per heavy atom. The molecule has 0 atom stereocenters. The van der Waals surface area contributed by atoms with Crippen molar-refractivity contribution in [2.24, 2.45) is 10.2 Å². The van der Waals surface area contributed by atoms with E-state index in [0.717, 1.165) is 38.9 Å². The first-order valence-electron chi connectivity index (χ1n) is 13.4. The molecule has 0 bridgehead atoms. The molecule has 1 amide bonds. The molecule has 2 heterocycles. The molecule has 0 radical (unpaired) electrons. The highest BCUT2D eigenvalue weighted by Crippen LogP contribution is 2.45. The number of carbonyl (C=O) groups excluding carboxylic acids is 1. The number of anilines is 1. The van der Waals surface area contributed by atoms with Crippen molar-refractivity contribution in [3.63, 3.8) is 0 Å². The third-order valence-corrected chi connectivity index (χ3v) is 8.30. The summed E-state index contributed by atoms with van der Waals surface area (Å²) in [5, 5.41) is 38.6. The van der Waals surface area contributed by atoms with Crippen LogP contribution in [0, 0.1) is 17.0 Å². The van der Waals surface area contributed by atoms with Gasteiger partial charge in [0.2, 0.25) is 0 Å². The summed E-state index contributed by atoms with van der Waals surface area (Å²) in [5.74, 6) is -0.241. The molecule has 12 heteroatoms. The number of nitrogens with one attached hydrogen (secondary N) is 2. The number of rotatable bonds is 6. The van der Waals surface area contributed by atoms with Gasteiger partial charge >= 0.3 is 0 Å². The van der Waals surface area contributed by atoms with Crippen molar-refractivity contribution in [3.05, 3.63) is 100 Å². The Hall–Kier alpha value is -5.88. The van der Waals surface area contributed by atoms with Gasteiger partial charge in [-0.05, 0) is 71.9 Å². The van der Waals surface area contributed by atoms with Gasteiger partial charge in [-0.25, -0.2) is 0 Å². The summed E-state index contributed by atoms with van der Waals surface area (Å²) in [4.78, 5) is 27.9. The Labute approximate surface area is 252 Å². The summed E-state index contributed by atoms with van der Waals surface area (Å²) in [6.07, 6.45) is 0. The van der Waals surface area contributed by atoms with E-state index in [9.17, 15) is 20.0 Å². The zero-order valence-electron chi connectivity index (χ0n) is 23.3. The summed E-state index contributed by atoms with van der Waals surface area (Å²) in [6, 6.07) is 22.8. The third kappa shape index (κ3) is 4.44. The molecule has 7 rings (SSSR count). The first-order valence-corrected chi connectivity index (χ1v) is 14.2. The molecular formula is C32H22N6O5S. The molecular weight excluding hydrogens is 580 g/mol. The summed E-state index contributed by atoms with van der Waals surface area (Å²) < 4.78 is 9.61. The Kier molecular flexibility index (Phi) is 6.40. The molecule has 5 aromatic carbocycles. The molecule has 0 spiro atoms. The lowest BCUT2D eigenvalue weighted by Crippen LogP contribution is -2.13. The fraction of sp³-hybridized carbons (Fsp3) is 0.0625. The number of H-pyrrole nitrogens is 1. The second-order valence-electron chi connectivity index (χ2n) is 10.2. The van der Waals surface area contributed by atoms with Gasteiger partial charge in [0.25, 0.3) is 11.6 Å². The number of nitro benzene ring substituents is 1. The van der Waals surface area contributed by atoms with Gasteiger partial charge in [0, 0.05) is 50.4 Å². The van der Waals surface area contributed by atoms with Crippen LogP contribution < -0.4 is 10.1 Å². The van der Waals surface area contributed by atoms with E-state index in [0.29, 0.717) is 38.1 Å². The number of nitro groups is 1. The monoisotopic (exact) mass is 602 g/mol. The molecule has 0 aliphatic rings. The predicted molar refractivity (Wildman–Crippen MR) is 171 cm³/mol. The van der Waals surface area contributed by atoms with Gasteiger partial charge in [-0.3, -0.25) is 14.9 Å². The van der Waals surface area contributed by atoms with E-state index in [4.69, 9.17) is 4.74 Å². The number of phenols is 1. The van der Waals surface area contributed by atoms with Crippen LogP contribution in [0.3, 0.4) is 0 Å². The van der Waals surface area contributed by atoms with E-state index in [-0.39, 0.29) is 22.7 Å². The number of benzene rings is 5. The van der Waals surface area contributed by atoms with Crippen molar-refractivity contribution in [1.82, 2.24) is 9.36 Å². The average molecular weight is 603 g/mol. The maximum atomic E-state index is 13.6. The lowest BCUT2D eigenvalue weighted by Gasteiger charge is -2.14. The van der Waals surface area contributed by atoms with Crippen LogP contribution in [-0.4, -0.2) is 32.4 Å². The minimum atomic E-state index is -0.535. The van der Waals surface area contributed by atoms with Crippen LogP contribution in [0.5, 0.6) is 11.5 Å². The van der Waals surface area contributed by atoms with E-state index < -0.39 is 10.8 Å². The average Bonchev–Trinajstić information content (AvgIpc) is 3.62. The smallest absolute Gasteiger partial charge is 0.270 e. The van der Waals surface area contributed by atoms with Crippen LogP contribution in [0.1, 0.15) is 15.9 Å². The number of phenolic OH excluding ortho intramolecular Hbond substituents is 1. The molecule has 0 aliphatic carbocycles. The number of hydrogen-bond donors (Lipinski definition) is 3. The number of amides is 1. The molecule has 0 unspecified atom stereocenters. The SMILES string of the molecule is COc1ccc(NC(=O)c2cc3ccc4[nH]c5ccccc5c4c3c(N=Nc3snc4ccc([N+](=O)[O-])cc34)c2O)c(C)c1. The molecule has 0 saturated carbocycles. The number of non-ortho nitro benzene ring substituents is 1. The molecule has 0 saturated heterocycles. The van der Waals surface area contributed by atoms with E-state index in [1.165, 1.54) is 12.1 Å². The van der Waals surface area contributed by atoms with Gasteiger partial charge in [0.1, 0.15) is 11.4 Å². The number of aromatic amines is 1. The third-order valence-electron chi connectivity index (χ3n) is 7.54. The summed E-state index contributed by atoms with van der Waals surface area (Å²) in [5.41, 5.74) is 3.58. The van der Waals surface area contributed by atoms with Gasteiger partial charge in [-0.1, -0.05) is 24.3 Å². The Morgan fingerprint density at radius 1 is 1.00 bits per heavy atom. The second-order valence-corrected chi connectivity index (χ2v) is 10.9. The number of aromatic nitrogens is 2. The number of para-hydroxylation sites is 1. The van der Waals surface area contributed by atoms with Crippen LogP contribution in [0.25, 0.3) is 43.5 Å². The van der Waals surface area contributed by atoms with E-state index >= 15 is 0 Å². The highest BCUT2D eigenvalue weighted by molar-refractivity contribution is 7.11. The number of methoxy groups -OCH3 is 1. The lowest BCUT2D eigenvalue weighted by atomic mass is 9.98. The molecule has 0 fully saturated rings. The fourth-order valence-corrected chi connectivity index (χ4v) is 6.05. The first kappa shape index (κ1) is 27.0. The first-order chi connectivity index (χ1) is 21.3. The number of ether oxygens (including phenoxy) is 1. The van der Waals surface area contributed by atoms with Crippen LogP contribution in [0.15, 0.2) is 89.1 Å². The Morgan fingerprint density at radius 2 is 1.84 bits per heavy atom. The second kappa shape index (κ2) is 10.4. The summed E-state index contributed by atoms with van der Waals surface area (Å²) in [7, 11) is 1.57. The molecule has 3 N–H and O–H groups in total. The van der Waals surface area contributed by atoms with Crippen LogP contribution in [0.4, 0.5) is 22.1 Å². The number of carbonyl (C=O) groups is 1. The van der Waals surface area contributed by atoms with Gasteiger partial charge < -0.3 is 20.1 Å². The standard InChI is InChI=1S/C32H22N6O5S/c1-16-13-19(43-2)9-12-23(16)34-31(40)22-14-17-7-10-26-28(20-5-3-4-6-24(20)33-26)27(17)29(30(22)39)35-36-32-21-15-18(38(41)42)8-11-25(21)37-44-32/h3-15,33,39H,1-2H3,(H,34,40). The zero-order chi connectivity index (χ0) is 30.5. The molecule has 0 aliphatic heterocycles. The Balaban J connectivity index is 1.43. The van der Waals surface area contributed by atoms with Crippen LogP contribution >= 0.6 is 11.5 Å². The topological polar surface area (TPSA) is 155 Å². The molecule has 2 aromatic heterocycles. The normalized spacial score (nSPS) is 11.7. The minimum absolute atomic E-state index is 0.00524. The highest BCUT2D eigenvalue weighted by Gasteiger charge is 2.22. The number of aryl methyl sites for hydroxylation is 1. The number of fused-ring (bicyclic) bond motifs is 6. The van der Waals surface area contributed by atoms with Gasteiger partial charge in [0.15, 0.2) is 10.8 Å². The van der Waals surface area contributed by atoms with Crippen LogP contribution in [0.2, 0.25) is 0 Å². The minimum Gasteiger partial charge on any atom is -0.505 e. The van der Waals surface area contributed by atoms with Crippen molar-refractivity contribution in [1.29, 1.82) is 0 Å². The fourth-order valence-electron chi connectivity index (χ4n) is 5.36. The maximum absolute atomic E-state index is 13.6. The maximum Gasteiger partial charge on any atom is 0.270 e. The van der Waals surface area contributed by atoms with Gasteiger partial charge in [-0.15, -0.1) is 10.2 Å². The number of aromatic hydroxyl groups is 1. The molecule has 216 valence electrons. The molecule has 44 heavy (non-hydrogen) atoms. The largest absolute Gasteiger partial charge is 0.505 e. The quantitative estimate of drug-likeness (QED) is 0.0982. The number of nitrogens with zero attached hydrogens (tertiary/aromatic N) is 4. The highest BCUT2D eigenvalue weighted by atomic mass is 32.1. The van der Waals surface area contributed by atoms with Crippen LogP contribution in [-0.2, 0) is 0 Å². The van der Waals surface area contributed by atoms with Crippen molar-refractivity contribution in [2.45, 2.75) is 6.92 Å². The lowest BCUT2D eigenvalue weighted by molar-refractivity contribution is -0.384. The Bertz CT molecular complexity index is 2340. The summed E-state index contributed by atoms with van der Waals surface area (Å²) >= 11 is 1.03. The van der Waals surface area contributed by atoms with E-state index in [1.54, 1.807) is 37.4 Å². The van der Waals surface area contributed by atoms with E-state index in [1.807, 2.05) is 43.3 Å². The van der Waals surface area contributed by atoms with E-state index in [2.05, 4.69) is 24.9 Å². The van der Waals surface area contributed by atoms with Crippen molar-refractivity contribution >= 4 is 83.0 Å². The van der Waals surface area contributed by atoms with Crippen molar-refractivity contribution in [3.8, 4) is 11.5 Å². The molecule has 7 aromatic rings. The van der Waals surface area contributed by atoms with Gasteiger partial charge in [0.05, 0.1) is 23.1 Å². The van der Waals surface area contributed by atoms with Gasteiger partial charge in [-0.2, -0.15) is 4.37 Å². The molecule has 11 nitrogen and oxygen atoms in total. The predicted octanol–water partition coefficient (Wildman–Crippen LogP) is 8.68.